The molecule has 0 unspecified atom stereocenters. The third-order valence-electron chi connectivity index (χ3n) is 3.63. The van der Waals surface area contributed by atoms with E-state index in [1.807, 2.05) is 23.5 Å². The summed E-state index contributed by atoms with van der Waals surface area (Å²) in [5, 5.41) is 0. The molecule has 1 aromatic rings. The number of carbonyl (C=O) groups is 1. The van der Waals surface area contributed by atoms with Crippen molar-refractivity contribution in [2.45, 2.75) is 31.1 Å². The first-order valence-electron chi connectivity index (χ1n) is 6.98. The molecule has 2 rings (SSSR count). The summed E-state index contributed by atoms with van der Waals surface area (Å²) >= 11 is 3.88. The molecule has 0 N–H and O–H groups in total. The Labute approximate surface area is 130 Å². The zero-order valence-corrected chi connectivity index (χ0v) is 13.8. The van der Waals surface area contributed by atoms with Crippen LogP contribution in [0.3, 0.4) is 0 Å². The molecule has 4 heteroatoms. The van der Waals surface area contributed by atoms with E-state index in [-0.39, 0.29) is 11.4 Å². The lowest BCUT2D eigenvalue weighted by Gasteiger charge is -2.12. The number of hydrogen-bond donors (Lipinski definition) is 0. The number of rotatable bonds is 8. The quantitative estimate of drug-likeness (QED) is 0.409. The van der Waals surface area contributed by atoms with Crippen LogP contribution in [0.5, 0.6) is 0 Å². The third-order valence-corrected chi connectivity index (χ3v) is 6.21. The average Bonchev–Trinajstić information content (AvgIpc) is 3.20. The summed E-state index contributed by atoms with van der Waals surface area (Å²) in [6.07, 6.45) is 2.96. The van der Waals surface area contributed by atoms with Crippen molar-refractivity contribution in [1.82, 2.24) is 0 Å². The fourth-order valence-corrected chi connectivity index (χ4v) is 4.41. The molecule has 1 fully saturated rings. The van der Waals surface area contributed by atoms with E-state index in [1.54, 1.807) is 0 Å². The summed E-state index contributed by atoms with van der Waals surface area (Å²) < 4.78 is 4.77. The number of thioether (sulfide) groups is 2. The molecule has 1 saturated carbocycles. The highest BCUT2D eigenvalue weighted by molar-refractivity contribution is 8.03. The van der Waals surface area contributed by atoms with E-state index in [0.717, 1.165) is 17.3 Å². The molecule has 0 heterocycles. The van der Waals surface area contributed by atoms with Gasteiger partial charge in [-0.3, -0.25) is 4.79 Å². The van der Waals surface area contributed by atoms with Gasteiger partial charge in [-0.2, -0.15) is 11.8 Å². The molecular weight excluding hydrogens is 288 g/mol. The van der Waals surface area contributed by atoms with Gasteiger partial charge < -0.3 is 4.74 Å². The fourth-order valence-electron chi connectivity index (χ4n) is 2.07. The molecule has 110 valence electrons. The maximum Gasteiger partial charge on any atom is 0.306 e. The minimum atomic E-state index is -0.0582. The van der Waals surface area contributed by atoms with Crippen LogP contribution in [0.15, 0.2) is 29.2 Å². The Kier molecular flexibility index (Phi) is 5.85. The molecule has 0 saturated heterocycles. The average molecular weight is 310 g/mol. The Bertz CT molecular complexity index is 438. The topological polar surface area (TPSA) is 26.3 Å². The zero-order valence-electron chi connectivity index (χ0n) is 12.2. The van der Waals surface area contributed by atoms with E-state index >= 15 is 0 Å². The van der Waals surface area contributed by atoms with E-state index in [9.17, 15) is 4.79 Å². The molecule has 0 radical (unpaired) electrons. The predicted octanol–water partition coefficient (Wildman–Crippen LogP) is 4.16. The van der Waals surface area contributed by atoms with Crippen molar-refractivity contribution in [3.8, 4) is 0 Å². The molecule has 1 aliphatic rings. The van der Waals surface area contributed by atoms with E-state index < -0.39 is 0 Å². The number of esters is 1. The van der Waals surface area contributed by atoms with E-state index in [4.69, 9.17) is 4.74 Å². The number of hydrogen-bond acceptors (Lipinski definition) is 4. The van der Waals surface area contributed by atoms with E-state index in [2.05, 4.69) is 31.2 Å². The summed E-state index contributed by atoms with van der Waals surface area (Å²) in [7, 11) is 1.48. The van der Waals surface area contributed by atoms with Gasteiger partial charge in [-0.25, -0.2) is 0 Å². The molecule has 1 aromatic carbocycles. The van der Waals surface area contributed by atoms with Crippen LogP contribution in [-0.4, -0.2) is 30.3 Å². The van der Waals surface area contributed by atoms with Crippen molar-refractivity contribution < 1.29 is 9.53 Å². The second kappa shape index (κ2) is 7.41. The summed E-state index contributed by atoms with van der Waals surface area (Å²) in [6, 6.07) is 8.69. The Hall–Kier alpha value is -0.610. The van der Waals surface area contributed by atoms with Crippen molar-refractivity contribution in [1.29, 1.82) is 0 Å². The normalized spacial score (nSPS) is 15.9. The second-order valence-electron chi connectivity index (χ2n) is 5.47. The predicted molar refractivity (Wildman–Crippen MR) is 87.5 cm³/mol. The van der Waals surface area contributed by atoms with Crippen LogP contribution >= 0.6 is 23.5 Å². The van der Waals surface area contributed by atoms with Gasteiger partial charge in [0.1, 0.15) is 0 Å². The monoisotopic (exact) mass is 310 g/mol. The summed E-state index contributed by atoms with van der Waals surface area (Å²) in [6.45, 7) is 2.11. The Morgan fingerprint density at radius 2 is 1.95 bits per heavy atom. The number of aryl methyl sites for hydroxylation is 1. The van der Waals surface area contributed by atoms with Crippen LogP contribution in [0.4, 0.5) is 0 Å². The van der Waals surface area contributed by atoms with Gasteiger partial charge in [0.15, 0.2) is 0 Å². The first-order valence-corrected chi connectivity index (χ1v) is 9.12. The van der Waals surface area contributed by atoms with Gasteiger partial charge in [-0.15, -0.1) is 11.8 Å². The molecule has 0 amide bonds. The minimum Gasteiger partial charge on any atom is -0.469 e. The highest BCUT2D eigenvalue weighted by Gasteiger charge is 2.44. The van der Waals surface area contributed by atoms with Crippen molar-refractivity contribution in [2.75, 3.05) is 24.4 Å². The number of methoxy groups -OCH3 is 1. The van der Waals surface area contributed by atoms with Crippen molar-refractivity contribution >= 4 is 29.5 Å². The van der Waals surface area contributed by atoms with Gasteiger partial charge in [0.05, 0.1) is 13.5 Å². The Morgan fingerprint density at radius 1 is 1.25 bits per heavy atom. The maximum atomic E-state index is 11.3. The Balaban J connectivity index is 1.60. The van der Waals surface area contributed by atoms with E-state index in [1.165, 1.54) is 30.4 Å². The molecule has 0 spiro atoms. The number of benzene rings is 1. The fraction of sp³-hybridized carbons (Fsp3) is 0.562. The summed E-state index contributed by atoms with van der Waals surface area (Å²) in [5.41, 5.74) is 1.56. The van der Waals surface area contributed by atoms with Crippen LogP contribution in [0.2, 0.25) is 0 Å². The number of ether oxygens (including phenoxy) is 1. The first kappa shape index (κ1) is 15.8. The number of carbonyl (C=O) groups excluding carboxylic acids is 1. The molecule has 0 bridgehead atoms. The van der Waals surface area contributed by atoms with Crippen LogP contribution < -0.4 is 0 Å². The van der Waals surface area contributed by atoms with Crippen molar-refractivity contribution in [3.05, 3.63) is 29.8 Å². The van der Waals surface area contributed by atoms with Gasteiger partial charge in [0.25, 0.3) is 0 Å². The van der Waals surface area contributed by atoms with Crippen LogP contribution in [-0.2, 0) is 9.53 Å². The summed E-state index contributed by atoms with van der Waals surface area (Å²) in [4.78, 5) is 12.7. The molecule has 2 nitrogen and oxygen atoms in total. The van der Waals surface area contributed by atoms with Gasteiger partial charge in [-0.1, -0.05) is 17.7 Å². The van der Waals surface area contributed by atoms with Crippen molar-refractivity contribution in [2.24, 2.45) is 5.41 Å². The van der Waals surface area contributed by atoms with Gasteiger partial charge >= 0.3 is 5.97 Å². The zero-order chi connectivity index (χ0) is 14.4. The lowest BCUT2D eigenvalue weighted by molar-refractivity contribution is -0.141. The molecule has 0 atom stereocenters. The third kappa shape index (κ3) is 5.06. The summed E-state index contributed by atoms with van der Waals surface area (Å²) in [5.74, 6) is 3.30. The standard InChI is InChI=1S/C16H22O2S2/c1-13-3-5-14(6-4-13)20-10-9-19-12-16(7-8-16)11-15(17)18-2/h3-6H,7-12H2,1-2H3. The van der Waals surface area contributed by atoms with Gasteiger partial charge in [0.2, 0.25) is 0 Å². The lowest BCUT2D eigenvalue weighted by atomic mass is 10.1. The molecule has 20 heavy (non-hydrogen) atoms. The SMILES string of the molecule is COC(=O)CC1(CSCCSc2ccc(C)cc2)CC1. The molecule has 0 aromatic heterocycles. The van der Waals surface area contributed by atoms with Crippen LogP contribution in [0, 0.1) is 12.3 Å². The highest BCUT2D eigenvalue weighted by Crippen LogP contribution is 2.51. The van der Waals surface area contributed by atoms with Crippen LogP contribution in [0.25, 0.3) is 0 Å². The second-order valence-corrected chi connectivity index (χ2v) is 7.74. The molecule has 1 aliphatic carbocycles. The minimum absolute atomic E-state index is 0.0582. The maximum absolute atomic E-state index is 11.3. The van der Waals surface area contributed by atoms with Crippen LogP contribution in [0.1, 0.15) is 24.8 Å². The largest absolute Gasteiger partial charge is 0.469 e. The first-order chi connectivity index (χ1) is 9.63. The lowest BCUT2D eigenvalue weighted by Crippen LogP contribution is -2.13. The Morgan fingerprint density at radius 3 is 2.55 bits per heavy atom. The van der Waals surface area contributed by atoms with E-state index in [0.29, 0.717) is 6.42 Å². The molecular formula is C16H22O2S2. The molecule has 0 aliphatic heterocycles. The highest BCUT2D eigenvalue weighted by atomic mass is 32.2. The van der Waals surface area contributed by atoms with Gasteiger partial charge in [-0.05, 0) is 43.1 Å². The smallest absolute Gasteiger partial charge is 0.306 e. The van der Waals surface area contributed by atoms with Crippen molar-refractivity contribution in [3.63, 3.8) is 0 Å². The van der Waals surface area contributed by atoms with Gasteiger partial charge in [0, 0.05) is 16.4 Å².